The van der Waals surface area contributed by atoms with E-state index in [1.807, 2.05) is 30.3 Å². The zero-order valence-electron chi connectivity index (χ0n) is 10.5. The Bertz CT molecular complexity index is 573. The monoisotopic (exact) mass is 273 g/mol. The summed E-state index contributed by atoms with van der Waals surface area (Å²) in [5, 5.41) is 13.1. The molecule has 19 heavy (non-hydrogen) atoms. The highest BCUT2D eigenvalue weighted by Crippen LogP contribution is 2.56. The summed E-state index contributed by atoms with van der Waals surface area (Å²) in [5.41, 5.74) is 1.18. The fraction of sp³-hybridized carbons (Fsp3) is 0.333. The summed E-state index contributed by atoms with van der Waals surface area (Å²) in [4.78, 5) is 12.5. The molecule has 1 fully saturated rings. The van der Waals surface area contributed by atoms with Gasteiger partial charge in [0.2, 0.25) is 0 Å². The lowest BCUT2D eigenvalue weighted by atomic mass is 9.84. The number of carbonyl (C=O) groups excluding carboxylic acids is 1. The van der Waals surface area contributed by atoms with Crippen LogP contribution in [-0.4, -0.2) is 15.9 Å². The number of Topliss-reactive ketones (excluding diaryl/α,β-unsaturated/α-hetero) is 1. The summed E-state index contributed by atoms with van der Waals surface area (Å²) in [5.74, 6) is 0.122. The van der Waals surface area contributed by atoms with Crippen LogP contribution >= 0.6 is 12.2 Å². The second-order valence-electron chi connectivity index (χ2n) is 5.42. The van der Waals surface area contributed by atoms with Crippen LogP contribution in [0.5, 0.6) is 0 Å². The number of aliphatic hydroxyl groups is 1. The minimum absolute atomic E-state index is 0.0327. The van der Waals surface area contributed by atoms with Gasteiger partial charge in [0.1, 0.15) is 10.7 Å². The number of carbonyl (C=O) groups is 1. The van der Waals surface area contributed by atoms with Gasteiger partial charge in [-0.1, -0.05) is 30.4 Å². The van der Waals surface area contributed by atoms with Crippen molar-refractivity contribution in [3.8, 4) is 0 Å². The molecule has 3 rings (SSSR count). The summed E-state index contributed by atoms with van der Waals surface area (Å²) < 4.78 is 0. The highest BCUT2D eigenvalue weighted by Gasteiger charge is 2.49. The lowest BCUT2D eigenvalue weighted by Gasteiger charge is -2.23. The minimum atomic E-state index is -0.0327. The van der Waals surface area contributed by atoms with Crippen molar-refractivity contribution in [2.75, 3.05) is 5.32 Å². The van der Waals surface area contributed by atoms with Crippen molar-refractivity contribution in [3.05, 3.63) is 41.7 Å². The number of allylic oxidation sites excluding steroid dienone is 1. The van der Waals surface area contributed by atoms with E-state index in [1.165, 1.54) is 0 Å². The highest BCUT2D eigenvalue weighted by molar-refractivity contribution is 7.81. The Balaban J connectivity index is 1.81. The second-order valence-corrected chi connectivity index (χ2v) is 5.83. The number of nitrogens with one attached hydrogen (secondary N) is 1. The topological polar surface area (TPSA) is 49.3 Å². The van der Waals surface area contributed by atoms with Crippen LogP contribution < -0.4 is 5.32 Å². The van der Waals surface area contributed by atoms with E-state index >= 15 is 0 Å². The molecule has 1 saturated carbocycles. The minimum Gasteiger partial charge on any atom is -0.511 e. The predicted molar refractivity (Wildman–Crippen MR) is 78.2 cm³/mol. The van der Waals surface area contributed by atoms with Crippen LogP contribution in [-0.2, 0) is 4.79 Å². The SMILES string of the molecule is O=C1CC2(CC2)CC(O)=C1C(=S)Nc1ccccc1. The first kappa shape index (κ1) is 12.4. The van der Waals surface area contributed by atoms with Crippen molar-refractivity contribution >= 4 is 28.7 Å². The average Bonchev–Trinajstić information content (AvgIpc) is 3.08. The van der Waals surface area contributed by atoms with E-state index in [2.05, 4.69) is 5.32 Å². The van der Waals surface area contributed by atoms with Crippen molar-refractivity contribution in [1.82, 2.24) is 0 Å². The smallest absolute Gasteiger partial charge is 0.169 e. The Morgan fingerprint density at radius 3 is 2.47 bits per heavy atom. The standard InChI is InChI=1S/C15H15NO2S/c17-11-8-15(6-7-15)9-12(18)13(11)14(19)16-10-4-2-1-3-5-10/h1-5,17H,6-9H2,(H,16,19). The Hall–Kier alpha value is -1.68. The van der Waals surface area contributed by atoms with Crippen LogP contribution in [0.3, 0.4) is 0 Å². The Morgan fingerprint density at radius 2 is 1.89 bits per heavy atom. The number of para-hydroxylation sites is 1. The maximum absolute atomic E-state index is 12.1. The Labute approximate surface area is 117 Å². The molecule has 0 aromatic heterocycles. The lowest BCUT2D eigenvalue weighted by Crippen LogP contribution is -2.27. The van der Waals surface area contributed by atoms with Crippen LogP contribution in [0.2, 0.25) is 0 Å². The third kappa shape index (κ3) is 2.40. The molecule has 1 aromatic rings. The average molecular weight is 273 g/mol. The molecule has 2 aliphatic rings. The molecule has 1 aromatic carbocycles. The van der Waals surface area contributed by atoms with Crippen molar-refractivity contribution in [2.24, 2.45) is 5.41 Å². The number of hydrogen-bond acceptors (Lipinski definition) is 3. The van der Waals surface area contributed by atoms with Gasteiger partial charge in [-0.2, -0.15) is 0 Å². The largest absolute Gasteiger partial charge is 0.511 e. The summed E-state index contributed by atoms with van der Waals surface area (Å²) in [6, 6.07) is 9.44. The van der Waals surface area contributed by atoms with Gasteiger partial charge in [-0.3, -0.25) is 4.79 Å². The quantitative estimate of drug-likeness (QED) is 0.811. The van der Waals surface area contributed by atoms with Crippen molar-refractivity contribution in [3.63, 3.8) is 0 Å². The van der Waals surface area contributed by atoms with Crippen LogP contribution in [0.25, 0.3) is 0 Å². The van der Waals surface area contributed by atoms with Crippen molar-refractivity contribution in [1.29, 1.82) is 0 Å². The number of benzene rings is 1. The number of anilines is 1. The van der Waals surface area contributed by atoms with Crippen LogP contribution in [0.4, 0.5) is 5.69 Å². The lowest BCUT2D eigenvalue weighted by molar-refractivity contribution is -0.117. The van der Waals surface area contributed by atoms with Gasteiger partial charge < -0.3 is 10.4 Å². The van der Waals surface area contributed by atoms with E-state index in [0.29, 0.717) is 23.4 Å². The summed E-state index contributed by atoms with van der Waals surface area (Å²) >= 11 is 5.26. The molecule has 0 unspecified atom stereocenters. The molecule has 0 amide bonds. The Morgan fingerprint density at radius 1 is 1.21 bits per heavy atom. The number of hydrogen-bond donors (Lipinski definition) is 2. The van der Waals surface area contributed by atoms with Gasteiger partial charge in [0.15, 0.2) is 5.78 Å². The molecule has 98 valence electrons. The molecule has 0 heterocycles. The maximum atomic E-state index is 12.1. The van der Waals surface area contributed by atoms with E-state index in [-0.39, 0.29) is 17.0 Å². The van der Waals surface area contributed by atoms with Crippen molar-refractivity contribution in [2.45, 2.75) is 25.7 Å². The zero-order valence-corrected chi connectivity index (χ0v) is 11.3. The zero-order chi connectivity index (χ0) is 13.5. The number of aliphatic hydroxyl groups excluding tert-OH is 1. The fourth-order valence-electron chi connectivity index (χ4n) is 2.60. The molecule has 2 N–H and O–H groups in total. The van der Waals surface area contributed by atoms with Gasteiger partial charge in [-0.05, 0) is 30.4 Å². The maximum Gasteiger partial charge on any atom is 0.169 e. The Kier molecular flexibility index (Phi) is 2.90. The second kappa shape index (κ2) is 4.46. The molecule has 0 saturated heterocycles. The molecule has 0 bridgehead atoms. The summed E-state index contributed by atoms with van der Waals surface area (Å²) in [6.07, 6.45) is 3.18. The molecule has 2 aliphatic carbocycles. The predicted octanol–water partition coefficient (Wildman–Crippen LogP) is 3.38. The third-order valence-corrected chi connectivity index (χ3v) is 4.17. The number of thiocarbonyl (C=S) groups is 1. The van der Waals surface area contributed by atoms with Crippen LogP contribution in [0.15, 0.2) is 41.7 Å². The summed E-state index contributed by atoms with van der Waals surface area (Å²) in [7, 11) is 0. The molecular weight excluding hydrogens is 258 g/mol. The van der Waals surface area contributed by atoms with E-state index in [4.69, 9.17) is 12.2 Å². The van der Waals surface area contributed by atoms with E-state index in [1.54, 1.807) is 0 Å². The number of ketones is 1. The van der Waals surface area contributed by atoms with Gasteiger partial charge in [0.25, 0.3) is 0 Å². The van der Waals surface area contributed by atoms with E-state index in [9.17, 15) is 9.90 Å². The molecule has 0 atom stereocenters. The first-order valence-corrected chi connectivity index (χ1v) is 6.82. The van der Waals surface area contributed by atoms with Gasteiger partial charge in [0, 0.05) is 18.5 Å². The molecule has 1 spiro atoms. The molecule has 0 radical (unpaired) electrons. The van der Waals surface area contributed by atoms with Gasteiger partial charge in [-0.15, -0.1) is 0 Å². The normalized spacial score (nSPS) is 20.5. The first-order valence-electron chi connectivity index (χ1n) is 6.41. The summed E-state index contributed by atoms with van der Waals surface area (Å²) in [6.45, 7) is 0. The van der Waals surface area contributed by atoms with Gasteiger partial charge in [-0.25, -0.2) is 0 Å². The molecule has 4 heteroatoms. The van der Waals surface area contributed by atoms with E-state index in [0.717, 1.165) is 18.5 Å². The fourth-order valence-corrected chi connectivity index (χ4v) is 2.95. The van der Waals surface area contributed by atoms with Crippen LogP contribution in [0.1, 0.15) is 25.7 Å². The highest BCUT2D eigenvalue weighted by atomic mass is 32.1. The number of rotatable bonds is 2. The van der Waals surface area contributed by atoms with Gasteiger partial charge >= 0.3 is 0 Å². The molecular formula is C15H15NO2S. The van der Waals surface area contributed by atoms with E-state index < -0.39 is 0 Å². The van der Waals surface area contributed by atoms with Crippen molar-refractivity contribution < 1.29 is 9.90 Å². The molecule has 3 nitrogen and oxygen atoms in total. The van der Waals surface area contributed by atoms with Gasteiger partial charge in [0.05, 0.1) is 5.57 Å². The first-order chi connectivity index (χ1) is 9.10. The third-order valence-electron chi connectivity index (χ3n) is 3.86. The molecule has 0 aliphatic heterocycles. The van der Waals surface area contributed by atoms with Crippen LogP contribution in [0, 0.1) is 5.41 Å².